The van der Waals surface area contributed by atoms with Crippen LogP contribution in [0.15, 0.2) is 53.5 Å². The van der Waals surface area contributed by atoms with E-state index in [1.807, 2.05) is 30.3 Å². The predicted molar refractivity (Wildman–Crippen MR) is 89.5 cm³/mol. The molecule has 5 heteroatoms. The number of H-pyrrole nitrogens is 1. The zero-order valence-electron chi connectivity index (χ0n) is 12.3. The van der Waals surface area contributed by atoms with Crippen molar-refractivity contribution in [1.29, 1.82) is 0 Å². The van der Waals surface area contributed by atoms with Crippen molar-refractivity contribution in [3.8, 4) is 0 Å². The maximum atomic E-state index is 12.6. The lowest BCUT2D eigenvalue weighted by Gasteiger charge is -2.09. The summed E-state index contributed by atoms with van der Waals surface area (Å²) in [5.41, 5.74) is 3.47. The topological polar surface area (TPSA) is 74.0 Å². The molecule has 23 heavy (non-hydrogen) atoms. The fourth-order valence-electron chi connectivity index (χ4n) is 3.01. The van der Waals surface area contributed by atoms with Crippen LogP contribution in [0.4, 0.5) is 5.69 Å². The number of anilines is 1. The third-order valence-corrected chi connectivity index (χ3v) is 4.17. The number of hydrogen-bond donors (Lipinski definition) is 3. The molecule has 0 saturated heterocycles. The van der Waals surface area contributed by atoms with Gasteiger partial charge in [-0.2, -0.15) is 0 Å². The minimum absolute atomic E-state index is 0.130. The van der Waals surface area contributed by atoms with E-state index in [4.69, 9.17) is 0 Å². The summed E-state index contributed by atoms with van der Waals surface area (Å²) in [6, 6.07) is 12.9. The van der Waals surface area contributed by atoms with Crippen LogP contribution in [-0.4, -0.2) is 10.9 Å². The van der Waals surface area contributed by atoms with E-state index in [9.17, 15) is 9.59 Å². The highest BCUT2D eigenvalue weighted by Gasteiger charge is 2.18. The molecule has 5 nitrogen and oxygen atoms in total. The van der Waals surface area contributed by atoms with E-state index in [1.54, 1.807) is 18.3 Å². The molecular weight excluding hydrogens is 290 g/mol. The van der Waals surface area contributed by atoms with E-state index in [0.29, 0.717) is 23.2 Å². The van der Waals surface area contributed by atoms with Crippen LogP contribution in [-0.2, 0) is 13.1 Å². The van der Waals surface area contributed by atoms with Crippen molar-refractivity contribution in [3.63, 3.8) is 0 Å². The van der Waals surface area contributed by atoms with Crippen molar-refractivity contribution in [2.75, 3.05) is 5.32 Å². The average molecular weight is 305 g/mol. The molecule has 0 radical (unpaired) electrons. The number of pyridine rings is 1. The first kappa shape index (κ1) is 13.7. The van der Waals surface area contributed by atoms with E-state index in [0.717, 1.165) is 17.5 Å². The molecule has 0 atom stereocenters. The van der Waals surface area contributed by atoms with Crippen LogP contribution in [0, 0.1) is 0 Å². The summed E-state index contributed by atoms with van der Waals surface area (Å²) in [7, 11) is 0. The Hall–Kier alpha value is -2.92. The Morgan fingerprint density at radius 3 is 2.91 bits per heavy atom. The maximum absolute atomic E-state index is 12.6. The first-order chi connectivity index (χ1) is 11.2. The van der Waals surface area contributed by atoms with Crippen LogP contribution in [0.5, 0.6) is 0 Å². The molecule has 2 aromatic carbocycles. The molecule has 1 aromatic heterocycles. The van der Waals surface area contributed by atoms with Crippen molar-refractivity contribution in [1.82, 2.24) is 10.3 Å². The van der Waals surface area contributed by atoms with Crippen molar-refractivity contribution < 1.29 is 4.79 Å². The van der Waals surface area contributed by atoms with Crippen molar-refractivity contribution in [2.24, 2.45) is 0 Å². The van der Waals surface area contributed by atoms with Crippen LogP contribution < -0.4 is 16.2 Å². The third kappa shape index (κ3) is 2.41. The number of carbonyl (C=O) groups is 1. The molecular formula is C18H15N3O2. The number of benzene rings is 2. The monoisotopic (exact) mass is 305 g/mol. The Labute approximate surface area is 132 Å². The standard InChI is InChI=1S/C18H15N3O2/c22-17-14-5-4-13(8-11(14)6-7-20-17)21-18(23)15-3-1-2-12-9-19-10-16(12)15/h1-8,19H,9-10H2,(H,20,22)(H,21,23). The molecule has 1 aliphatic rings. The number of carbonyl (C=O) groups excluding carboxylic acids is 1. The summed E-state index contributed by atoms with van der Waals surface area (Å²) < 4.78 is 0. The summed E-state index contributed by atoms with van der Waals surface area (Å²) in [6.07, 6.45) is 1.60. The summed E-state index contributed by atoms with van der Waals surface area (Å²) in [6.45, 7) is 1.52. The van der Waals surface area contributed by atoms with E-state index in [-0.39, 0.29) is 11.5 Å². The molecule has 0 spiro atoms. The summed E-state index contributed by atoms with van der Waals surface area (Å²) >= 11 is 0. The fourth-order valence-corrected chi connectivity index (χ4v) is 3.01. The number of aromatic amines is 1. The lowest BCUT2D eigenvalue weighted by atomic mass is 10.0. The van der Waals surface area contributed by atoms with Crippen LogP contribution in [0.2, 0.25) is 0 Å². The smallest absolute Gasteiger partial charge is 0.255 e. The van der Waals surface area contributed by atoms with Gasteiger partial charge in [-0.3, -0.25) is 9.59 Å². The first-order valence-corrected chi connectivity index (χ1v) is 7.47. The highest BCUT2D eigenvalue weighted by molar-refractivity contribution is 6.06. The van der Waals surface area contributed by atoms with Gasteiger partial charge >= 0.3 is 0 Å². The molecule has 3 aromatic rings. The fraction of sp³-hybridized carbons (Fsp3) is 0.111. The van der Waals surface area contributed by atoms with Gasteiger partial charge in [0.25, 0.3) is 11.5 Å². The minimum atomic E-state index is -0.132. The van der Waals surface area contributed by atoms with Gasteiger partial charge in [-0.15, -0.1) is 0 Å². The molecule has 1 aliphatic heterocycles. The van der Waals surface area contributed by atoms with Crippen LogP contribution >= 0.6 is 0 Å². The number of hydrogen-bond acceptors (Lipinski definition) is 3. The largest absolute Gasteiger partial charge is 0.329 e. The van der Waals surface area contributed by atoms with Crippen LogP contribution in [0.25, 0.3) is 10.8 Å². The van der Waals surface area contributed by atoms with Gasteiger partial charge in [0.05, 0.1) is 0 Å². The SMILES string of the molecule is O=C(Nc1ccc2c(=O)[nH]ccc2c1)c1cccc2c1CNC2. The van der Waals surface area contributed by atoms with E-state index < -0.39 is 0 Å². The summed E-state index contributed by atoms with van der Waals surface area (Å²) in [5, 5.41) is 7.58. The lowest BCUT2D eigenvalue weighted by molar-refractivity contribution is 0.102. The molecule has 0 aliphatic carbocycles. The molecule has 1 amide bonds. The number of nitrogens with one attached hydrogen (secondary N) is 3. The normalized spacial score (nSPS) is 13.0. The second-order valence-corrected chi connectivity index (χ2v) is 5.61. The highest BCUT2D eigenvalue weighted by atomic mass is 16.1. The average Bonchev–Trinajstić information content (AvgIpc) is 3.03. The van der Waals surface area contributed by atoms with E-state index in [1.165, 1.54) is 5.56 Å². The van der Waals surface area contributed by atoms with Gasteiger partial charge in [-0.05, 0) is 46.8 Å². The molecule has 0 unspecified atom stereocenters. The molecule has 114 valence electrons. The minimum Gasteiger partial charge on any atom is -0.329 e. The zero-order chi connectivity index (χ0) is 15.8. The second-order valence-electron chi connectivity index (χ2n) is 5.61. The van der Waals surface area contributed by atoms with Gasteiger partial charge in [0.2, 0.25) is 0 Å². The maximum Gasteiger partial charge on any atom is 0.255 e. The Morgan fingerprint density at radius 1 is 1.09 bits per heavy atom. The van der Waals surface area contributed by atoms with E-state index >= 15 is 0 Å². The van der Waals surface area contributed by atoms with Gasteiger partial charge in [0.15, 0.2) is 0 Å². The van der Waals surface area contributed by atoms with Gasteiger partial charge in [0.1, 0.15) is 0 Å². The van der Waals surface area contributed by atoms with Gasteiger partial charge in [-0.25, -0.2) is 0 Å². The number of fused-ring (bicyclic) bond motifs is 2. The van der Waals surface area contributed by atoms with Crippen molar-refractivity contribution in [3.05, 3.63) is 75.7 Å². The van der Waals surface area contributed by atoms with Gasteiger partial charge < -0.3 is 15.6 Å². The van der Waals surface area contributed by atoms with Crippen molar-refractivity contribution in [2.45, 2.75) is 13.1 Å². The van der Waals surface area contributed by atoms with Crippen LogP contribution in [0.3, 0.4) is 0 Å². The summed E-state index contributed by atoms with van der Waals surface area (Å²) in [5.74, 6) is -0.130. The van der Waals surface area contributed by atoms with Gasteiger partial charge in [-0.1, -0.05) is 12.1 Å². The highest BCUT2D eigenvalue weighted by Crippen LogP contribution is 2.22. The van der Waals surface area contributed by atoms with Crippen LogP contribution in [0.1, 0.15) is 21.5 Å². The number of rotatable bonds is 2. The molecule has 4 rings (SSSR count). The number of amides is 1. The second kappa shape index (κ2) is 5.37. The molecule has 2 heterocycles. The zero-order valence-corrected chi connectivity index (χ0v) is 12.3. The number of aromatic nitrogens is 1. The molecule has 0 bridgehead atoms. The molecule has 3 N–H and O–H groups in total. The molecule has 0 fully saturated rings. The predicted octanol–water partition coefficient (Wildman–Crippen LogP) is 2.38. The Balaban J connectivity index is 1.67. The first-order valence-electron chi connectivity index (χ1n) is 7.47. The van der Waals surface area contributed by atoms with Crippen molar-refractivity contribution >= 4 is 22.4 Å². The Bertz CT molecular complexity index is 975. The summed E-state index contributed by atoms with van der Waals surface area (Å²) in [4.78, 5) is 26.9. The van der Waals surface area contributed by atoms with E-state index in [2.05, 4.69) is 15.6 Å². The Kier molecular flexibility index (Phi) is 3.20. The molecule has 0 saturated carbocycles. The third-order valence-electron chi connectivity index (χ3n) is 4.17. The quantitative estimate of drug-likeness (QED) is 0.680. The Morgan fingerprint density at radius 2 is 2.00 bits per heavy atom. The lowest BCUT2D eigenvalue weighted by Crippen LogP contribution is -2.15. The van der Waals surface area contributed by atoms with Gasteiger partial charge in [0, 0.05) is 35.9 Å².